The number of likely N-dealkylation sites (tertiary alicyclic amines) is 1. The zero-order valence-corrected chi connectivity index (χ0v) is 14.3. The Labute approximate surface area is 147 Å². The molecule has 1 saturated heterocycles. The average molecular weight is 337 g/mol. The van der Waals surface area contributed by atoms with Crippen LogP contribution in [0.2, 0.25) is 0 Å². The summed E-state index contributed by atoms with van der Waals surface area (Å²) in [7, 11) is 0. The highest BCUT2D eigenvalue weighted by atomic mass is 16.2. The third-order valence-corrected chi connectivity index (χ3v) is 5.73. The minimum absolute atomic E-state index is 0.104. The van der Waals surface area contributed by atoms with Gasteiger partial charge in [0.2, 0.25) is 0 Å². The Balaban J connectivity index is 1.32. The summed E-state index contributed by atoms with van der Waals surface area (Å²) in [6.07, 6.45) is 11.0. The molecule has 0 aromatic carbocycles. The molecular formula is C19H23N5O. The van der Waals surface area contributed by atoms with E-state index in [1.807, 2.05) is 18.3 Å². The van der Waals surface area contributed by atoms with E-state index in [0.29, 0.717) is 5.69 Å². The quantitative estimate of drug-likeness (QED) is 0.924. The highest BCUT2D eigenvalue weighted by Gasteiger charge is 2.48. The maximum atomic E-state index is 12.3. The molecule has 4 rings (SSSR count). The van der Waals surface area contributed by atoms with Crippen LogP contribution in [0.4, 0.5) is 0 Å². The number of nitrogens with zero attached hydrogens (tertiary/aromatic N) is 4. The van der Waals surface area contributed by atoms with E-state index in [-0.39, 0.29) is 17.4 Å². The van der Waals surface area contributed by atoms with Gasteiger partial charge in [0.05, 0.1) is 11.9 Å². The molecule has 1 aliphatic carbocycles. The minimum Gasteiger partial charge on any atom is -0.347 e. The van der Waals surface area contributed by atoms with Gasteiger partial charge in [0.25, 0.3) is 5.91 Å². The second-order valence-corrected chi connectivity index (χ2v) is 7.11. The fourth-order valence-electron chi connectivity index (χ4n) is 4.05. The predicted octanol–water partition coefficient (Wildman–Crippen LogP) is 2.05. The lowest BCUT2D eigenvalue weighted by Crippen LogP contribution is -2.59. The number of piperidine rings is 1. The highest BCUT2D eigenvalue weighted by Crippen LogP contribution is 2.49. The standard InChI is InChI=1S/C19H23N5O/c25-18(16-13-20-9-10-22-16)23-17-4-5-19(17)6-11-24(12-7-19)14-15-3-1-2-8-21-15/h1-3,8-10,13,17H,4-7,11-12,14H2,(H,23,25)/t17-/m0/s1. The third-order valence-electron chi connectivity index (χ3n) is 5.73. The number of hydrogen-bond acceptors (Lipinski definition) is 5. The van der Waals surface area contributed by atoms with E-state index in [1.54, 1.807) is 12.4 Å². The van der Waals surface area contributed by atoms with Crippen molar-refractivity contribution < 1.29 is 4.79 Å². The van der Waals surface area contributed by atoms with Crippen molar-refractivity contribution >= 4 is 5.91 Å². The maximum Gasteiger partial charge on any atom is 0.271 e. The van der Waals surface area contributed by atoms with Crippen LogP contribution in [-0.4, -0.2) is 44.9 Å². The van der Waals surface area contributed by atoms with Gasteiger partial charge >= 0.3 is 0 Å². The average Bonchev–Trinajstić information content (AvgIpc) is 2.67. The van der Waals surface area contributed by atoms with Crippen molar-refractivity contribution in [3.8, 4) is 0 Å². The predicted molar refractivity (Wildman–Crippen MR) is 93.7 cm³/mol. The molecule has 0 unspecified atom stereocenters. The molecule has 2 aromatic rings. The van der Waals surface area contributed by atoms with Gasteiger partial charge in [-0.15, -0.1) is 0 Å². The van der Waals surface area contributed by atoms with Crippen LogP contribution in [0.3, 0.4) is 0 Å². The molecule has 2 aromatic heterocycles. The number of amides is 1. The van der Waals surface area contributed by atoms with E-state index < -0.39 is 0 Å². The molecule has 25 heavy (non-hydrogen) atoms. The molecular weight excluding hydrogens is 314 g/mol. The second-order valence-electron chi connectivity index (χ2n) is 7.11. The molecule has 130 valence electrons. The van der Waals surface area contributed by atoms with E-state index in [4.69, 9.17) is 0 Å². The van der Waals surface area contributed by atoms with Crippen molar-refractivity contribution in [3.05, 3.63) is 54.4 Å². The van der Waals surface area contributed by atoms with Crippen LogP contribution in [-0.2, 0) is 6.54 Å². The maximum absolute atomic E-state index is 12.3. The molecule has 2 aliphatic rings. The van der Waals surface area contributed by atoms with E-state index in [2.05, 4.69) is 31.2 Å². The summed E-state index contributed by atoms with van der Waals surface area (Å²) in [4.78, 5) is 27.3. The summed E-state index contributed by atoms with van der Waals surface area (Å²) in [5, 5.41) is 3.19. The smallest absolute Gasteiger partial charge is 0.271 e. The van der Waals surface area contributed by atoms with Gasteiger partial charge in [-0.25, -0.2) is 4.98 Å². The number of nitrogens with one attached hydrogen (secondary N) is 1. The molecule has 6 heteroatoms. The molecule has 1 atom stereocenters. The van der Waals surface area contributed by atoms with Crippen molar-refractivity contribution in [2.45, 2.75) is 38.3 Å². The van der Waals surface area contributed by atoms with E-state index in [9.17, 15) is 4.79 Å². The van der Waals surface area contributed by atoms with Gasteiger partial charge in [0.1, 0.15) is 5.69 Å². The first kappa shape index (κ1) is 16.1. The van der Waals surface area contributed by atoms with Crippen molar-refractivity contribution in [1.29, 1.82) is 0 Å². The zero-order chi connectivity index (χ0) is 17.1. The molecule has 0 radical (unpaired) electrons. The zero-order valence-electron chi connectivity index (χ0n) is 14.3. The number of aromatic nitrogens is 3. The second kappa shape index (κ2) is 6.88. The molecule has 6 nitrogen and oxygen atoms in total. The third kappa shape index (κ3) is 3.39. The first-order chi connectivity index (χ1) is 12.3. The summed E-state index contributed by atoms with van der Waals surface area (Å²) in [6.45, 7) is 3.04. The van der Waals surface area contributed by atoms with Crippen LogP contribution in [0.5, 0.6) is 0 Å². The summed E-state index contributed by atoms with van der Waals surface area (Å²) < 4.78 is 0. The molecule has 3 heterocycles. The van der Waals surface area contributed by atoms with Crippen LogP contribution >= 0.6 is 0 Å². The topological polar surface area (TPSA) is 71.0 Å². The Bertz CT molecular complexity index is 713. The number of pyridine rings is 1. The lowest BCUT2D eigenvalue weighted by molar-refractivity contribution is -0.00746. The van der Waals surface area contributed by atoms with Crippen LogP contribution in [0.15, 0.2) is 43.0 Å². The van der Waals surface area contributed by atoms with Gasteiger partial charge in [-0.2, -0.15) is 0 Å². The summed E-state index contributed by atoms with van der Waals surface area (Å²) >= 11 is 0. The monoisotopic (exact) mass is 337 g/mol. The Morgan fingerprint density at radius 2 is 2.04 bits per heavy atom. The van der Waals surface area contributed by atoms with Crippen LogP contribution < -0.4 is 5.32 Å². The van der Waals surface area contributed by atoms with Gasteiger partial charge in [0.15, 0.2) is 0 Å². The highest BCUT2D eigenvalue weighted by molar-refractivity contribution is 5.92. The Morgan fingerprint density at radius 1 is 1.16 bits per heavy atom. The molecule has 0 bridgehead atoms. The first-order valence-corrected chi connectivity index (χ1v) is 8.94. The molecule has 2 fully saturated rings. The normalized spacial score (nSPS) is 22.3. The van der Waals surface area contributed by atoms with Crippen molar-refractivity contribution in [2.75, 3.05) is 13.1 Å². The fourth-order valence-corrected chi connectivity index (χ4v) is 4.05. The summed E-state index contributed by atoms with van der Waals surface area (Å²) in [6, 6.07) is 6.34. The molecule has 1 spiro atoms. The van der Waals surface area contributed by atoms with Crippen molar-refractivity contribution in [3.63, 3.8) is 0 Å². The molecule has 1 saturated carbocycles. The van der Waals surface area contributed by atoms with Crippen molar-refractivity contribution in [2.24, 2.45) is 5.41 Å². The van der Waals surface area contributed by atoms with E-state index >= 15 is 0 Å². The lowest BCUT2D eigenvalue weighted by atomic mass is 9.59. The van der Waals surface area contributed by atoms with E-state index in [0.717, 1.165) is 44.6 Å². The Kier molecular flexibility index (Phi) is 4.44. The first-order valence-electron chi connectivity index (χ1n) is 8.94. The number of rotatable bonds is 4. The lowest BCUT2D eigenvalue weighted by Gasteiger charge is -2.54. The molecule has 1 amide bonds. The summed E-state index contributed by atoms with van der Waals surface area (Å²) in [5.74, 6) is -0.104. The summed E-state index contributed by atoms with van der Waals surface area (Å²) in [5.41, 5.74) is 1.79. The van der Waals surface area contributed by atoms with E-state index in [1.165, 1.54) is 12.6 Å². The van der Waals surface area contributed by atoms with Gasteiger partial charge in [-0.1, -0.05) is 6.07 Å². The Hall–Kier alpha value is -2.34. The fraction of sp³-hybridized carbons (Fsp3) is 0.474. The van der Waals surface area contributed by atoms with Crippen LogP contribution in [0.1, 0.15) is 41.9 Å². The van der Waals surface area contributed by atoms with Gasteiger partial charge < -0.3 is 5.32 Å². The van der Waals surface area contributed by atoms with Gasteiger partial charge in [0, 0.05) is 31.2 Å². The SMILES string of the molecule is O=C(N[C@H]1CCC12CCN(Cc1ccccn1)CC2)c1cnccn1. The van der Waals surface area contributed by atoms with Crippen LogP contribution in [0.25, 0.3) is 0 Å². The van der Waals surface area contributed by atoms with Crippen LogP contribution in [0, 0.1) is 5.41 Å². The molecule has 1 aliphatic heterocycles. The number of hydrogen-bond donors (Lipinski definition) is 1. The number of carbonyl (C=O) groups is 1. The van der Waals surface area contributed by atoms with Crippen molar-refractivity contribution in [1.82, 2.24) is 25.2 Å². The Morgan fingerprint density at radius 3 is 2.68 bits per heavy atom. The number of carbonyl (C=O) groups excluding carboxylic acids is 1. The minimum atomic E-state index is -0.104. The molecule has 1 N–H and O–H groups in total. The largest absolute Gasteiger partial charge is 0.347 e. The van der Waals surface area contributed by atoms with Gasteiger partial charge in [-0.05, 0) is 56.3 Å². The van der Waals surface area contributed by atoms with Gasteiger partial charge in [-0.3, -0.25) is 19.7 Å².